The van der Waals surface area contributed by atoms with Gasteiger partial charge in [-0.25, -0.2) is 0 Å². The van der Waals surface area contributed by atoms with E-state index in [9.17, 15) is 4.79 Å². The average Bonchev–Trinajstić information content (AvgIpc) is 3.07. The third-order valence-corrected chi connectivity index (χ3v) is 4.87. The van der Waals surface area contributed by atoms with E-state index in [2.05, 4.69) is 20.4 Å². The Hall–Kier alpha value is -1.95. The van der Waals surface area contributed by atoms with Crippen LogP contribution in [0, 0.1) is 12.8 Å². The second kappa shape index (κ2) is 6.87. The molecule has 6 heteroatoms. The first-order valence-corrected chi connectivity index (χ1v) is 8.46. The Morgan fingerprint density at radius 3 is 2.77 bits per heavy atom. The van der Waals surface area contributed by atoms with E-state index in [1.807, 2.05) is 36.6 Å². The number of piperidine rings is 1. The molecule has 1 amide bonds. The Balaban J connectivity index is 1.48. The van der Waals surface area contributed by atoms with Crippen LogP contribution >= 0.6 is 11.3 Å². The molecule has 0 atom stereocenters. The second-order valence-electron chi connectivity index (χ2n) is 5.59. The summed E-state index contributed by atoms with van der Waals surface area (Å²) >= 11 is 1.67. The van der Waals surface area contributed by atoms with Crippen molar-refractivity contribution in [3.63, 3.8) is 0 Å². The first kappa shape index (κ1) is 15.0. The topological polar surface area (TPSA) is 58.1 Å². The zero-order valence-electron chi connectivity index (χ0n) is 12.7. The highest BCUT2D eigenvalue weighted by Crippen LogP contribution is 2.21. The van der Waals surface area contributed by atoms with Crippen LogP contribution in [-0.2, 0) is 11.3 Å². The van der Waals surface area contributed by atoms with E-state index in [1.165, 1.54) is 4.88 Å². The van der Waals surface area contributed by atoms with Crippen molar-refractivity contribution in [1.29, 1.82) is 0 Å². The number of aromatic nitrogens is 2. The molecule has 22 heavy (non-hydrogen) atoms. The maximum absolute atomic E-state index is 12.2. The minimum atomic E-state index is 0.106. The first-order valence-electron chi connectivity index (χ1n) is 7.58. The molecule has 0 spiro atoms. The van der Waals surface area contributed by atoms with Crippen LogP contribution in [0.25, 0.3) is 0 Å². The number of nitrogens with zero attached hydrogens (tertiary/aromatic N) is 3. The summed E-state index contributed by atoms with van der Waals surface area (Å²) in [5, 5.41) is 13.4. The Bertz CT molecular complexity index is 604. The van der Waals surface area contributed by atoms with Crippen molar-refractivity contribution in [3.05, 3.63) is 40.2 Å². The summed E-state index contributed by atoms with van der Waals surface area (Å²) < 4.78 is 0. The van der Waals surface area contributed by atoms with Crippen molar-refractivity contribution in [3.8, 4) is 0 Å². The number of amides is 1. The maximum atomic E-state index is 12.2. The Morgan fingerprint density at radius 1 is 1.32 bits per heavy atom. The first-order chi connectivity index (χ1) is 10.7. The van der Waals surface area contributed by atoms with E-state index in [4.69, 9.17) is 0 Å². The highest BCUT2D eigenvalue weighted by molar-refractivity contribution is 7.09. The van der Waals surface area contributed by atoms with Crippen molar-refractivity contribution >= 4 is 23.1 Å². The third kappa shape index (κ3) is 3.62. The van der Waals surface area contributed by atoms with E-state index >= 15 is 0 Å². The van der Waals surface area contributed by atoms with Crippen LogP contribution in [0.2, 0.25) is 0 Å². The largest absolute Gasteiger partial charge is 0.355 e. The number of carbonyl (C=O) groups excluding carboxylic acids is 1. The molecule has 0 aliphatic carbocycles. The summed E-state index contributed by atoms with van der Waals surface area (Å²) in [6.45, 7) is 4.28. The number of rotatable bonds is 4. The van der Waals surface area contributed by atoms with Gasteiger partial charge in [0.1, 0.15) is 0 Å². The lowest BCUT2D eigenvalue weighted by atomic mass is 9.96. The van der Waals surface area contributed by atoms with Crippen molar-refractivity contribution in [2.24, 2.45) is 5.92 Å². The lowest BCUT2D eigenvalue weighted by Gasteiger charge is -2.31. The van der Waals surface area contributed by atoms with Gasteiger partial charge in [-0.05, 0) is 43.3 Å². The minimum absolute atomic E-state index is 0.106. The molecule has 1 fully saturated rings. The fraction of sp³-hybridized carbons (Fsp3) is 0.438. The smallest absolute Gasteiger partial charge is 0.223 e. The van der Waals surface area contributed by atoms with Gasteiger partial charge in [0, 0.05) is 23.9 Å². The van der Waals surface area contributed by atoms with Crippen LogP contribution in [-0.4, -0.2) is 29.2 Å². The van der Waals surface area contributed by atoms with Crippen LogP contribution < -0.4 is 10.2 Å². The molecule has 0 radical (unpaired) electrons. The van der Waals surface area contributed by atoms with Crippen LogP contribution in [0.5, 0.6) is 0 Å². The van der Waals surface area contributed by atoms with E-state index in [-0.39, 0.29) is 11.8 Å². The maximum Gasteiger partial charge on any atom is 0.223 e. The van der Waals surface area contributed by atoms with Crippen molar-refractivity contribution in [2.45, 2.75) is 26.3 Å². The molecule has 0 bridgehead atoms. The molecular formula is C16H20N4OS. The van der Waals surface area contributed by atoms with E-state index in [0.717, 1.165) is 37.4 Å². The third-order valence-electron chi connectivity index (χ3n) is 3.99. The molecule has 3 heterocycles. The van der Waals surface area contributed by atoms with Gasteiger partial charge in [-0.15, -0.1) is 16.4 Å². The molecule has 1 aliphatic heterocycles. The van der Waals surface area contributed by atoms with Crippen molar-refractivity contribution < 1.29 is 4.79 Å². The van der Waals surface area contributed by atoms with E-state index in [0.29, 0.717) is 6.54 Å². The van der Waals surface area contributed by atoms with Crippen LogP contribution in [0.1, 0.15) is 23.4 Å². The Kier molecular flexibility index (Phi) is 4.68. The van der Waals surface area contributed by atoms with Gasteiger partial charge < -0.3 is 10.2 Å². The van der Waals surface area contributed by atoms with Crippen LogP contribution in [0.15, 0.2) is 29.6 Å². The summed E-state index contributed by atoms with van der Waals surface area (Å²) in [6.07, 6.45) is 1.73. The van der Waals surface area contributed by atoms with Gasteiger partial charge in [0.05, 0.1) is 12.2 Å². The van der Waals surface area contributed by atoms with Gasteiger partial charge >= 0.3 is 0 Å². The number of hydrogen-bond acceptors (Lipinski definition) is 5. The number of thiophene rings is 1. The zero-order valence-corrected chi connectivity index (χ0v) is 13.5. The highest BCUT2D eigenvalue weighted by Gasteiger charge is 2.25. The van der Waals surface area contributed by atoms with E-state index in [1.54, 1.807) is 11.3 Å². The standard InChI is InChI=1S/C16H20N4OS/c1-12-4-5-15(19-18-12)20-8-6-13(7-9-20)16(21)17-11-14-3-2-10-22-14/h2-5,10,13H,6-9,11H2,1H3,(H,17,21). The molecule has 2 aromatic rings. The zero-order chi connectivity index (χ0) is 15.4. The minimum Gasteiger partial charge on any atom is -0.355 e. The molecule has 2 aromatic heterocycles. The molecule has 5 nitrogen and oxygen atoms in total. The summed E-state index contributed by atoms with van der Waals surface area (Å²) in [5.74, 6) is 1.18. The average molecular weight is 316 g/mol. The molecular weight excluding hydrogens is 296 g/mol. The quantitative estimate of drug-likeness (QED) is 0.941. The van der Waals surface area contributed by atoms with Gasteiger partial charge in [-0.3, -0.25) is 4.79 Å². The van der Waals surface area contributed by atoms with Crippen LogP contribution in [0.4, 0.5) is 5.82 Å². The molecule has 1 aliphatic rings. The van der Waals surface area contributed by atoms with Gasteiger partial charge in [0.25, 0.3) is 0 Å². The number of carbonyl (C=O) groups is 1. The Labute approximate surface area is 134 Å². The highest BCUT2D eigenvalue weighted by atomic mass is 32.1. The van der Waals surface area contributed by atoms with Crippen molar-refractivity contribution in [1.82, 2.24) is 15.5 Å². The van der Waals surface area contributed by atoms with E-state index < -0.39 is 0 Å². The number of hydrogen-bond donors (Lipinski definition) is 1. The monoisotopic (exact) mass is 316 g/mol. The number of aryl methyl sites for hydroxylation is 1. The molecule has 1 N–H and O–H groups in total. The molecule has 116 valence electrons. The normalized spacial score (nSPS) is 15.8. The van der Waals surface area contributed by atoms with Crippen molar-refractivity contribution in [2.75, 3.05) is 18.0 Å². The molecule has 0 aromatic carbocycles. The lowest BCUT2D eigenvalue weighted by Crippen LogP contribution is -2.40. The molecule has 0 saturated carbocycles. The molecule has 1 saturated heterocycles. The van der Waals surface area contributed by atoms with Gasteiger partial charge in [0.2, 0.25) is 5.91 Å². The summed E-state index contributed by atoms with van der Waals surface area (Å²) in [6, 6.07) is 8.03. The second-order valence-corrected chi connectivity index (χ2v) is 6.62. The predicted octanol–water partition coefficient (Wildman–Crippen LogP) is 2.38. The fourth-order valence-electron chi connectivity index (χ4n) is 2.66. The number of anilines is 1. The predicted molar refractivity (Wildman–Crippen MR) is 87.9 cm³/mol. The Morgan fingerprint density at radius 2 is 2.14 bits per heavy atom. The van der Waals surface area contributed by atoms with Gasteiger partial charge in [-0.2, -0.15) is 5.10 Å². The lowest BCUT2D eigenvalue weighted by molar-refractivity contribution is -0.125. The number of nitrogens with one attached hydrogen (secondary N) is 1. The fourth-order valence-corrected chi connectivity index (χ4v) is 3.31. The van der Waals surface area contributed by atoms with Crippen LogP contribution in [0.3, 0.4) is 0 Å². The van der Waals surface area contributed by atoms with Gasteiger partial charge in [0.15, 0.2) is 5.82 Å². The molecule has 3 rings (SSSR count). The molecule has 0 unspecified atom stereocenters. The summed E-state index contributed by atoms with van der Waals surface area (Å²) in [7, 11) is 0. The van der Waals surface area contributed by atoms with Gasteiger partial charge in [-0.1, -0.05) is 6.07 Å². The SMILES string of the molecule is Cc1ccc(N2CCC(C(=O)NCc3cccs3)CC2)nn1. The summed E-state index contributed by atoms with van der Waals surface area (Å²) in [4.78, 5) is 15.6. The summed E-state index contributed by atoms with van der Waals surface area (Å²) in [5.41, 5.74) is 0.923.